The molecule has 0 aromatic heterocycles. The third-order valence-electron chi connectivity index (χ3n) is 6.70. The van der Waals surface area contributed by atoms with E-state index in [1.165, 1.54) is 4.90 Å². The fourth-order valence-corrected chi connectivity index (χ4v) is 5.03. The van der Waals surface area contributed by atoms with Crippen molar-refractivity contribution in [2.75, 3.05) is 28.6 Å². The summed E-state index contributed by atoms with van der Waals surface area (Å²) < 4.78 is 0. The van der Waals surface area contributed by atoms with Crippen LogP contribution in [0.2, 0.25) is 0 Å². The lowest BCUT2D eigenvalue weighted by Crippen LogP contribution is -2.68. The number of amides is 2. The smallest absolute Gasteiger partial charge is 0.297 e. The lowest BCUT2D eigenvalue weighted by molar-refractivity contribution is -0.144. The van der Waals surface area contributed by atoms with Gasteiger partial charge in [0, 0.05) is 18.8 Å². The Hall–Kier alpha value is -4.39. The molecule has 3 aliphatic heterocycles. The molecule has 6 rings (SSSR count). The van der Waals surface area contributed by atoms with Crippen molar-refractivity contribution < 1.29 is 14.4 Å². The van der Waals surface area contributed by atoms with Crippen molar-refractivity contribution in [2.24, 2.45) is 0 Å². The lowest BCUT2D eigenvalue weighted by Gasteiger charge is -2.45. The van der Waals surface area contributed by atoms with Crippen molar-refractivity contribution in [1.29, 1.82) is 0 Å². The number of rotatable bonds is 2. The maximum Gasteiger partial charge on any atom is 0.297 e. The van der Waals surface area contributed by atoms with Gasteiger partial charge in [0.25, 0.3) is 17.6 Å². The van der Waals surface area contributed by atoms with E-state index in [1.807, 2.05) is 85.8 Å². The molecule has 0 aliphatic carbocycles. The molecule has 0 saturated carbocycles. The summed E-state index contributed by atoms with van der Waals surface area (Å²) in [7, 11) is 0. The van der Waals surface area contributed by atoms with Crippen molar-refractivity contribution in [3.05, 3.63) is 95.6 Å². The second-order valence-corrected chi connectivity index (χ2v) is 8.70. The average Bonchev–Trinajstić information content (AvgIpc) is 2.98. The largest absolute Gasteiger partial charge is 0.353 e. The fraction of sp³-hybridized carbons (Fsp3) is 0.148. The molecule has 3 aromatic carbocycles. The summed E-state index contributed by atoms with van der Waals surface area (Å²) in [6, 6.07) is 24.5. The Morgan fingerprint density at radius 1 is 0.794 bits per heavy atom. The van der Waals surface area contributed by atoms with E-state index in [0.29, 0.717) is 17.9 Å². The minimum Gasteiger partial charge on any atom is -0.353 e. The number of hydrogen-bond acceptors (Lipinski definition) is 5. The van der Waals surface area contributed by atoms with Crippen molar-refractivity contribution >= 4 is 40.4 Å². The van der Waals surface area contributed by atoms with Gasteiger partial charge in [-0.2, -0.15) is 0 Å². The Labute approximate surface area is 196 Å². The molecule has 168 valence electrons. The standard InChI is InChI=1S/C27H22N4O3/c1-17-11-13-19(14-12-17)30-15-16-31-25(33)24(32)22-23(18-7-3-2-4-8-18)28-20-9-5-6-10-21(20)29-27(22,31)26(30)34/h2-14,28-29H,15-16H2,1H3. The summed E-state index contributed by atoms with van der Waals surface area (Å²) in [6.45, 7) is 2.51. The third kappa shape index (κ3) is 2.73. The monoisotopic (exact) mass is 450 g/mol. The van der Waals surface area contributed by atoms with Crippen molar-refractivity contribution in [1.82, 2.24) is 4.90 Å². The zero-order chi connectivity index (χ0) is 23.4. The molecule has 1 spiro atoms. The zero-order valence-electron chi connectivity index (χ0n) is 18.5. The Morgan fingerprint density at radius 3 is 2.21 bits per heavy atom. The predicted molar refractivity (Wildman–Crippen MR) is 130 cm³/mol. The van der Waals surface area contributed by atoms with Gasteiger partial charge in [-0.05, 0) is 36.8 Å². The van der Waals surface area contributed by atoms with Crippen LogP contribution in [0.15, 0.2) is 84.4 Å². The normalized spacial score (nSPS) is 21.4. The van der Waals surface area contributed by atoms with Crippen molar-refractivity contribution in [3.63, 3.8) is 0 Å². The molecule has 2 fully saturated rings. The molecule has 7 nitrogen and oxygen atoms in total. The van der Waals surface area contributed by atoms with E-state index < -0.39 is 17.4 Å². The van der Waals surface area contributed by atoms with Gasteiger partial charge in [-0.15, -0.1) is 0 Å². The number of anilines is 3. The number of para-hydroxylation sites is 2. The van der Waals surface area contributed by atoms with Gasteiger partial charge in [0.1, 0.15) is 0 Å². The van der Waals surface area contributed by atoms with Crippen molar-refractivity contribution in [2.45, 2.75) is 12.6 Å². The second kappa shape index (κ2) is 7.31. The van der Waals surface area contributed by atoms with Crippen LogP contribution in [0.4, 0.5) is 17.1 Å². The van der Waals surface area contributed by atoms with Crippen LogP contribution in [0.5, 0.6) is 0 Å². The molecule has 34 heavy (non-hydrogen) atoms. The van der Waals surface area contributed by atoms with Gasteiger partial charge in [-0.1, -0.05) is 60.2 Å². The van der Waals surface area contributed by atoms with Crippen LogP contribution in [0.25, 0.3) is 5.70 Å². The van der Waals surface area contributed by atoms with Crippen LogP contribution in [0.3, 0.4) is 0 Å². The molecular weight excluding hydrogens is 428 g/mol. The summed E-state index contributed by atoms with van der Waals surface area (Å²) >= 11 is 0. The number of hydrogen-bond donors (Lipinski definition) is 2. The number of nitrogens with zero attached hydrogens (tertiary/aromatic N) is 2. The zero-order valence-corrected chi connectivity index (χ0v) is 18.5. The third-order valence-corrected chi connectivity index (χ3v) is 6.70. The number of carbonyl (C=O) groups excluding carboxylic acids is 3. The molecule has 7 heteroatoms. The van der Waals surface area contributed by atoms with Gasteiger partial charge in [0.05, 0.1) is 22.6 Å². The van der Waals surface area contributed by atoms with Gasteiger partial charge in [-0.25, -0.2) is 0 Å². The second-order valence-electron chi connectivity index (χ2n) is 8.70. The summed E-state index contributed by atoms with van der Waals surface area (Å²) in [4.78, 5) is 44.1. The van der Waals surface area contributed by atoms with Crippen LogP contribution >= 0.6 is 0 Å². The van der Waals surface area contributed by atoms with E-state index in [1.54, 1.807) is 4.90 Å². The van der Waals surface area contributed by atoms with E-state index in [4.69, 9.17) is 0 Å². The molecule has 1 unspecified atom stereocenters. The molecule has 3 aromatic rings. The topological polar surface area (TPSA) is 81.8 Å². The first kappa shape index (κ1) is 20.2. The Morgan fingerprint density at radius 2 is 1.47 bits per heavy atom. The van der Waals surface area contributed by atoms with E-state index in [9.17, 15) is 14.4 Å². The fourth-order valence-electron chi connectivity index (χ4n) is 5.03. The van der Waals surface area contributed by atoms with Crippen LogP contribution in [-0.4, -0.2) is 41.2 Å². The van der Waals surface area contributed by atoms with E-state index in [-0.39, 0.29) is 18.0 Å². The molecule has 2 N–H and O–H groups in total. The van der Waals surface area contributed by atoms with Crippen molar-refractivity contribution in [3.8, 4) is 0 Å². The molecule has 2 saturated heterocycles. The summed E-state index contributed by atoms with van der Waals surface area (Å²) in [5.41, 5.74) is 2.82. The lowest BCUT2D eigenvalue weighted by atomic mass is 9.91. The minimum atomic E-state index is -1.65. The summed E-state index contributed by atoms with van der Waals surface area (Å²) in [5, 5.41) is 6.69. The number of benzene rings is 3. The number of ketones is 1. The predicted octanol–water partition coefficient (Wildman–Crippen LogP) is 3.40. The number of Topliss-reactive ketones (excluding diaryl/α,β-unsaturated/α-hetero) is 1. The average molecular weight is 450 g/mol. The number of aryl methyl sites for hydroxylation is 1. The van der Waals surface area contributed by atoms with E-state index >= 15 is 0 Å². The molecule has 0 bridgehead atoms. The van der Waals surface area contributed by atoms with Gasteiger partial charge in [0.15, 0.2) is 0 Å². The van der Waals surface area contributed by atoms with E-state index in [0.717, 1.165) is 22.5 Å². The quantitative estimate of drug-likeness (QED) is 0.585. The SMILES string of the molecule is Cc1ccc(N2CCN3C(=O)C(=O)C4=C(c5ccccc5)Nc5ccccc5NC43C2=O)cc1. The Bertz CT molecular complexity index is 1380. The molecule has 2 amide bonds. The first-order valence-corrected chi connectivity index (χ1v) is 11.2. The first-order chi connectivity index (χ1) is 16.5. The Balaban J connectivity index is 1.63. The summed E-state index contributed by atoms with van der Waals surface area (Å²) in [6.07, 6.45) is 0. The van der Waals surface area contributed by atoms with Gasteiger partial charge < -0.3 is 15.5 Å². The highest BCUT2D eigenvalue weighted by Crippen LogP contribution is 2.46. The molecule has 1 atom stereocenters. The first-order valence-electron chi connectivity index (χ1n) is 11.2. The highest BCUT2D eigenvalue weighted by atomic mass is 16.2. The maximum absolute atomic E-state index is 14.3. The highest BCUT2D eigenvalue weighted by Gasteiger charge is 2.65. The van der Waals surface area contributed by atoms with Gasteiger partial charge in [-0.3, -0.25) is 19.3 Å². The van der Waals surface area contributed by atoms with Gasteiger partial charge in [0.2, 0.25) is 5.66 Å². The molecule has 3 aliphatic rings. The number of carbonyl (C=O) groups is 3. The van der Waals surface area contributed by atoms with Gasteiger partial charge >= 0.3 is 0 Å². The maximum atomic E-state index is 14.3. The molecular formula is C27H22N4O3. The molecule has 3 heterocycles. The Kier molecular flexibility index (Phi) is 4.35. The number of piperazine rings is 1. The van der Waals surface area contributed by atoms with Crippen LogP contribution in [0.1, 0.15) is 11.1 Å². The van der Waals surface area contributed by atoms with E-state index in [2.05, 4.69) is 10.6 Å². The minimum absolute atomic E-state index is 0.127. The molecule has 0 radical (unpaired) electrons. The van der Waals surface area contributed by atoms with Crippen LogP contribution < -0.4 is 15.5 Å². The van der Waals surface area contributed by atoms with Crippen LogP contribution in [0, 0.1) is 6.92 Å². The number of fused-ring (bicyclic) bond motifs is 1. The van der Waals surface area contributed by atoms with Crippen LogP contribution in [-0.2, 0) is 14.4 Å². The summed E-state index contributed by atoms with van der Waals surface area (Å²) in [5.74, 6) is -1.71. The highest BCUT2D eigenvalue weighted by molar-refractivity contribution is 6.50. The number of nitrogens with one attached hydrogen (secondary N) is 2.